The highest BCUT2D eigenvalue weighted by atomic mass is 32.1. The van der Waals surface area contributed by atoms with Crippen LogP contribution in [0.5, 0.6) is 0 Å². The standard InChI is InChI=1S/C12H16N2S/c1-3-13-11-9-7-5-6-8-10(9)12(15-11)14-4-2/h5-8,13-14H,3-4H2,1-2H3. The molecular formula is C12H16N2S. The lowest BCUT2D eigenvalue weighted by molar-refractivity contribution is 1.23. The van der Waals surface area contributed by atoms with Gasteiger partial charge in [-0.2, -0.15) is 0 Å². The van der Waals surface area contributed by atoms with Gasteiger partial charge >= 0.3 is 0 Å². The molecule has 0 aliphatic carbocycles. The molecule has 0 fully saturated rings. The second-order valence-corrected chi connectivity index (χ2v) is 4.39. The Balaban J connectivity index is 2.52. The Hall–Kier alpha value is -1.22. The molecule has 0 saturated carbocycles. The van der Waals surface area contributed by atoms with Gasteiger partial charge in [-0.25, -0.2) is 0 Å². The summed E-state index contributed by atoms with van der Waals surface area (Å²) < 4.78 is 0. The third-order valence-electron chi connectivity index (χ3n) is 2.30. The molecule has 80 valence electrons. The molecule has 0 saturated heterocycles. The van der Waals surface area contributed by atoms with Crippen molar-refractivity contribution in [1.82, 2.24) is 0 Å². The molecule has 0 bridgehead atoms. The molecule has 0 spiro atoms. The van der Waals surface area contributed by atoms with Gasteiger partial charge in [0.05, 0.1) is 10.0 Å². The first-order valence-corrected chi connectivity index (χ1v) is 6.17. The van der Waals surface area contributed by atoms with Gasteiger partial charge in [-0.15, -0.1) is 11.3 Å². The quantitative estimate of drug-likeness (QED) is 0.819. The Labute approximate surface area is 94.3 Å². The summed E-state index contributed by atoms with van der Waals surface area (Å²) in [7, 11) is 0. The summed E-state index contributed by atoms with van der Waals surface area (Å²) in [6.07, 6.45) is 0. The van der Waals surface area contributed by atoms with Gasteiger partial charge in [0.2, 0.25) is 0 Å². The maximum absolute atomic E-state index is 3.41. The van der Waals surface area contributed by atoms with Gasteiger partial charge in [0.15, 0.2) is 0 Å². The molecule has 1 aromatic carbocycles. The van der Waals surface area contributed by atoms with E-state index in [9.17, 15) is 0 Å². The Bertz CT molecular complexity index is 408. The molecule has 0 unspecified atom stereocenters. The second kappa shape index (κ2) is 4.53. The van der Waals surface area contributed by atoms with Crippen molar-refractivity contribution in [3.8, 4) is 0 Å². The minimum atomic E-state index is 0.968. The lowest BCUT2D eigenvalue weighted by Crippen LogP contribution is -1.93. The average Bonchev–Trinajstić information content (AvgIpc) is 2.59. The summed E-state index contributed by atoms with van der Waals surface area (Å²) in [5.74, 6) is 0. The van der Waals surface area contributed by atoms with E-state index in [0.717, 1.165) is 13.1 Å². The van der Waals surface area contributed by atoms with E-state index in [-0.39, 0.29) is 0 Å². The normalized spacial score (nSPS) is 10.5. The monoisotopic (exact) mass is 220 g/mol. The van der Waals surface area contributed by atoms with E-state index in [1.165, 1.54) is 20.8 Å². The summed E-state index contributed by atoms with van der Waals surface area (Å²) in [6.45, 7) is 6.19. The highest BCUT2D eigenvalue weighted by molar-refractivity contribution is 7.22. The van der Waals surface area contributed by atoms with E-state index in [1.807, 2.05) is 0 Å². The van der Waals surface area contributed by atoms with Gasteiger partial charge in [0.1, 0.15) is 0 Å². The minimum absolute atomic E-state index is 0.968. The zero-order chi connectivity index (χ0) is 10.7. The predicted octanol–water partition coefficient (Wildman–Crippen LogP) is 3.76. The zero-order valence-corrected chi connectivity index (χ0v) is 9.95. The largest absolute Gasteiger partial charge is 0.377 e. The van der Waals surface area contributed by atoms with Crippen LogP contribution in [0.15, 0.2) is 24.3 Å². The van der Waals surface area contributed by atoms with Gasteiger partial charge in [-0.05, 0) is 13.8 Å². The van der Waals surface area contributed by atoms with Crippen molar-refractivity contribution in [2.75, 3.05) is 23.7 Å². The van der Waals surface area contributed by atoms with E-state index >= 15 is 0 Å². The van der Waals surface area contributed by atoms with E-state index < -0.39 is 0 Å². The first-order chi connectivity index (χ1) is 7.36. The number of hydrogen-bond acceptors (Lipinski definition) is 3. The number of nitrogens with one attached hydrogen (secondary N) is 2. The molecule has 0 aliphatic heterocycles. The molecule has 0 aliphatic rings. The molecule has 2 N–H and O–H groups in total. The van der Waals surface area contributed by atoms with Gasteiger partial charge in [0.25, 0.3) is 0 Å². The predicted molar refractivity (Wildman–Crippen MR) is 70.2 cm³/mol. The van der Waals surface area contributed by atoms with Crippen LogP contribution in [0.3, 0.4) is 0 Å². The molecule has 3 heteroatoms. The van der Waals surface area contributed by atoms with Crippen molar-refractivity contribution in [3.05, 3.63) is 24.3 Å². The highest BCUT2D eigenvalue weighted by Crippen LogP contribution is 2.39. The minimum Gasteiger partial charge on any atom is -0.377 e. The van der Waals surface area contributed by atoms with Gasteiger partial charge in [-0.1, -0.05) is 24.3 Å². The van der Waals surface area contributed by atoms with E-state index in [0.29, 0.717) is 0 Å². The maximum Gasteiger partial charge on any atom is 0.0983 e. The fraction of sp³-hybridized carbons (Fsp3) is 0.333. The molecule has 1 aromatic heterocycles. The van der Waals surface area contributed by atoms with Crippen molar-refractivity contribution in [3.63, 3.8) is 0 Å². The summed E-state index contributed by atoms with van der Waals surface area (Å²) >= 11 is 1.80. The first-order valence-electron chi connectivity index (χ1n) is 5.36. The SMILES string of the molecule is CCNc1sc(NCC)c2ccccc12. The molecule has 2 aromatic rings. The average molecular weight is 220 g/mol. The number of fused-ring (bicyclic) bond motifs is 1. The molecule has 0 amide bonds. The zero-order valence-electron chi connectivity index (χ0n) is 9.13. The van der Waals surface area contributed by atoms with E-state index in [1.54, 1.807) is 11.3 Å². The van der Waals surface area contributed by atoms with Gasteiger partial charge in [-0.3, -0.25) is 0 Å². The Morgan fingerprint density at radius 3 is 1.80 bits per heavy atom. The fourth-order valence-corrected chi connectivity index (χ4v) is 2.89. The van der Waals surface area contributed by atoms with Gasteiger partial charge < -0.3 is 10.6 Å². The Morgan fingerprint density at radius 1 is 0.933 bits per heavy atom. The fourth-order valence-electron chi connectivity index (χ4n) is 1.67. The molecule has 2 nitrogen and oxygen atoms in total. The number of hydrogen-bond donors (Lipinski definition) is 2. The molecular weight excluding hydrogens is 204 g/mol. The lowest BCUT2D eigenvalue weighted by atomic mass is 10.2. The van der Waals surface area contributed by atoms with Crippen LogP contribution in [0.2, 0.25) is 0 Å². The molecule has 2 rings (SSSR count). The van der Waals surface area contributed by atoms with Gasteiger partial charge in [0, 0.05) is 23.9 Å². The van der Waals surface area contributed by atoms with Crippen LogP contribution < -0.4 is 10.6 Å². The Morgan fingerprint density at radius 2 is 1.40 bits per heavy atom. The molecule has 1 heterocycles. The lowest BCUT2D eigenvalue weighted by Gasteiger charge is -1.98. The highest BCUT2D eigenvalue weighted by Gasteiger charge is 2.08. The van der Waals surface area contributed by atoms with E-state index in [4.69, 9.17) is 0 Å². The van der Waals surface area contributed by atoms with Crippen LogP contribution in [0.1, 0.15) is 13.8 Å². The molecule has 0 atom stereocenters. The van der Waals surface area contributed by atoms with E-state index in [2.05, 4.69) is 48.7 Å². The number of thiophene rings is 1. The van der Waals surface area contributed by atoms with Crippen LogP contribution in [-0.4, -0.2) is 13.1 Å². The summed E-state index contributed by atoms with van der Waals surface area (Å²) in [4.78, 5) is 0. The van der Waals surface area contributed by atoms with Crippen LogP contribution in [0.4, 0.5) is 10.0 Å². The summed E-state index contributed by atoms with van der Waals surface area (Å²) in [5.41, 5.74) is 0. The smallest absolute Gasteiger partial charge is 0.0983 e. The number of rotatable bonds is 4. The van der Waals surface area contributed by atoms with Crippen LogP contribution in [0.25, 0.3) is 10.8 Å². The Kier molecular flexibility index (Phi) is 3.11. The van der Waals surface area contributed by atoms with Crippen molar-refractivity contribution < 1.29 is 0 Å². The molecule has 0 radical (unpaired) electrons. The van der Waals surface area contributed by atoms with Crippen LogP contribution >= 0.6 is 11.3 Å². The third kappa shape index (κ3) is 1.92. The number of anilines is 2. The van der Waals surface area contributed by atoms with Crippen LogP contribution in [0, 0.1) is 0 Å². The topological polar surface area (TPSA) is 24.1 Å². The first kappa shape index (κ1) is 10.3. The third-order valence-corrected chi connectivity index (χ3v) is 3.43. The number of benzene rings is 1. The maximum atomic E-state index is 3.41. The van der Waals surface area contributed by atoms with Crippen molar-refractivity contribution in [2.24, 2.45) is 0 Å². The van der Waals surface area contributed by atoms with Crippen molar-refractivity contribution in [1.29, 1.82) is 0 Å². The van der Waals surface area contributed by atoms with Crippen molar-refractivity contribution >= 4 is 32.1 Å². The summed E-state index contributed by atoms with van der Waals surface area (Å²) in [5, 5.41) is 12.0. The van der Waals surface area contributed by atoms with Crippen molar-refractivity contribution in [2.45, 2.75) is 13.8 Å². The molecule has 15 heavy (non-hydrogen) atoms. The van der Waals surface area contributed by atoms with Crippen LogP contribution in [-0.2, 0) is 0 Å². The second-order valence-electron chi connectivity index (χ2n) is 3.37. The summed E-state index contributed by atoms with van der Waals surface area (Å²) in [6, 6.07) is 8.52.